The zero-order valence-electron chi connectivity index (χ0n) is 10.8. The van der Waals surface area contributed by atoms with Crippen molar-refractivity contribution in [2.75, 3.05) is 5.32 Å². The van der Waals surface area contributed by atoms with E-state index in [1.54, 1.807) is 13.0 Å². The second-order valence-electron chi connectivity index (χ2n) is 4.10. The number of nitrogens with zero attached hydrogens (tertiary/aromatic N) is 2. The van der Waals surface area contributed by atoms with Crippen molar-refractivity contribution in [3.05, 3.63) is 46.5 Å². The quantitative estimate of drug-likeness (QED) is 0.881. The number of hydrogen-bond acceptors (Lipinski definition) is 4. The number of carbonyl (C=O) groups excluding carboxylic acids is 1. The first-order chi connectivity index (χ1) is 9.86. The fourth-order valence-electron chi connectivity index (χ4n) is 1.45. The summed E-state index contributed by atoms with van der Waals surface area (Å²) in [6, 6.07) is 9.09. The van der Waals surface area contributed by atoms with Gasteiger partial charge >= 0.3 is 6.18 Å². The van der Waals surface area contributed by atoms with Gasteiger partial charge in [-0.3, -0.25) is 10.1 Å². The summed E-state index contributed by atoms with van der Waals surface area (Å²) in [5, 5.41) is 7.30. The topological polar surface area (TPSA) is 54.9 Å². The molecule has 1 N–H and O–H groups in total. The van der Waals surface area contributed by atoms with Crippen LogP contribution in [0, 0.1) is 0 Å². The summed E-state index contributed by atoms with van der Waals surface area (Å²) in [5.74, 6) is -0.524. The van der Waals surface area contributed by atoms with Gasteiger partial charge in [-0.2, -0.15) is 13.2 Å². The standard InChI is InChI=1S/C13H10F3N3OS/c1-8(7-9-5-3-2-4-6-9)10(20)17-12-19-18-11(21-12)13(14,15)16/h2-7H,1H3,(H,17,19,20). The van der Waals surface area contributed by atoms with E-state index in [-0.39, 0.29) is 16.5 Å². The highest BCUT2D eigenvalue weighted by atomic mass is 32.1. The minimum Gasteiger partial charge on any atom is -0.297 e. The normalized spacial score (nSPS) is 12.3. The number of anilines is 1. The van der Waals surface area contributed by atoms with Gasteiger partial charge in [0.05, 0.1) is 0 Å². The Balaban J connectivity index is 2.08. The number of carbonyl (C=O) groups is 1. The van der Waals surface area contributed by atoms with Crippen LogP contribution in [0.4, 0.5) is 18.3 Å². The predicted molar refractivity (Wildman–Crippen MR) is 73.6 cm³/mol. The Kier molecular flexibility index (Phi) is 4.37. The van der Waals surface area contributed by atoms with Crippen LogP contribution in [0.5, 0.6) is 0 Å². The third-order valence-corrected chi connectivity index (χ3v) is 3.31. The van der Waals surface area contributed by atoms with Crippen LogP contribution in [0.15, 0.2) is 35.9 Å². The molecular formula is C13H10F3N3OS. The van der Waals surface area contributed by atoms with Crippen molar-refractivity contribution in [2.45, 2.75) is 13.1 Å². The van der Waals surface area contributed by atoms with Crippen LogP contribution in [0.25, 0.3) is 6.08 Å². The summed E-state index contributed by atoms with van der Waals surface area (Å²) in [6.07, 6.45) is -2.93. The molecule has 0 atom stereocenters. The first kappa shape index (κ1) is 15.2. The molecule has 0 unspecified atom stereocenters. The van der Waals surface area contributed by atoms with Crippen LogP contribution < -0.4 is 5.32 Å². The molecule has 8 heteroatoms. The minimum absolute atomic E-state index is 0.187. The van der Waals surface area contributed by atoms with Gasteiger partial charge in [-0.1, -0.05) is 41.7 Å². The first-order valence-electron chi connectivity index (χ1n) is 5.81. The number of hydrogen-bond donors (Lipinski definition) is 1. The largest absolute Gasteiger partial charge is 0.445 e. The highest BCUT2D eigenvalue weighted by Gasteiger charge is 2.35. The number of nitrogens with one attached hydrogen (secondary N) is 1. The van der Waals surface area contributed by atoms with Gasteiger partial charge in [-0.05, 0) is 18.6 Å². The number of aromatic nitrogens is 2. The minimum atomic E-state index is -4.56. The van der Waals surface area contributed by atoms with E-state index in [0.717, 1.165) is 5.56 Å². The van der Waals surface area contributed by atoms with E-state index in [1.165, 1.54) is 0 Å². The number of amides is 1. The van der Waals surface area contributed by atoms with Crippen LogP contribution in [-0.2, 0) is 11.0 Å². The molecule has 0 radical (unpaired) electrons. The summed E-state index contributed by atoms with van der Waals surface area (Å²) in [5.41, 5.74) is 1.17. The van der Waals surface area contributed by atoms with Crippen LogP contribution in [0.3, 0.4) is 0 Å². The van der Waals surface area contributed by atoms with E-state index in [2.05, 4.69) is 15.5 Å². The molecule has 0 aliphatic heterocycles. The third-order valence-electron chi connectivity index (χ3n) is 2.43. The number of alkyl halides is 3. The Hall–Kier alpha value is -2.22. The number of rotatable bonds is 3. The van der Waals surface area contributed by atoms with Gasteiger partial charge in [0.25, 0.3) is 5.91 Å². The maximum Gasteiger partial charge on any atom is 0.445 e. The molecule has 2 rings (SSSR count). The number of halogens is 3. The molecular weight excluding hydrogens is 303 g/mol. The second kappa shape index (κ2) is 6.04. The van der Waals surface area contributed by atoms with Crippen LogP contribution in [-0.4, -0.2) is 16.1 Å². The van der Waals surface area contributed by atoms with Crippen molar-refractivity contribution in [1.82, 2.24) is 10.2 Å². The van der Waals surface area contributed by atoms with Crippen LogP contribution >= 0.6 is 11.3 Å². The Morgan fingerprint density at radius 2 is 1.90 bits per heavy atom. The van der Waals surface area contributed by atoms with Gasteiger partial charge in [-0.25, -0.2) is 0 Å². The molecule has 1 aromatic carbocycles. The summed E-state index contributed by atoms with van der Waals surface area (Å²) in [7, 11) is 0. The maximum absolute atomic E-state index is 12.4. The van der Waals surface area contributed by atoms with Gasteiger partial charge in [0.1, 0.15) is 0 Å². The average molecular weight is 313 g/mol. The fraction of sp³-hybridized carbons (Fsp3) is 0.154. The Morgan fingerprint density at radius 1 is 1.24 bits per heavy atom. The lowest BCUT2D eigenvalue weighted by atomic mass is 10.1. The summed E-state index contributed by atoms with van der Waals surface area (Å²) >= 11 is 0.285. The predicted octanol–water partition coefficient (Wildman–Crippen LogP) is 3.60. The molecule has 0 saturated carbocycles. The fourth-order valence-corrected chi connectivity index (χ4v) is 2.05. The monoisotopic (exact) mass is 313 g/mol. The molecule has 1 amide bonds. The Bertz CT molecular complexity index is 665. The molecule has 4 nitrogen and oxygen atoms in total. The molecule has 0 fully saturated rings. The van der Waals surface area contributed by atoms with Crippen molar-refractivity contribution in [1.29, 1.82) is 0 Å². The van der Waals surface area contributed by atoms with E-state index < -0.39 is 17.1 Å². The summed E-state index contributed by atoms with van der Waals surface area (Å²) in [4.78, 5) is 11.9. The highest BCUT2D eigenvalue weighted by Crippen LogP contribution is 2.33. The molecule has 2 aromatic rings. The molecule has 0 bridgehead atoms. The lowest BCUT2D eigenvalue weighted by Gasteiger charge is -2.01. The van der Waals surface area contributed by atoms with Gasteiger partial charge in [0.15, 0.2) is 0 Å². The van der Waals surface area contributed by atoms with Gasteiger partial charge in [0.2, 0.25) is 10.1 Å². The summed E-state index contributed by atoms with van der Waals surface area (Å²) < 4.78 is 37.1. The van der Waals surface area contributed by atoms with Crippen LogP contribution in [0.2, 0.25) is 0 Å². The van der Waals surface area contributed by atoms with Gasteiger partial charge < -0.3 is 0 Å². The van der Waals surface area contributed by atoms with Crippen LogP contribution in [0.1, 0.15) is 17.5 Å². The maximum atomic E-state index is 12.4. The molecule has 110 valence electrons. The Labute approximate surface area is 122 Å². The number of benzene rings is 1. The Morgan fingerprint density at radius 3 is 2.48 bits per heavy atom. The van der Waals surface area contributed by atoms with E-state index in [9.17, 15) is 18.0 Å². The van der Waals surface area contributed by atoms with Gasteiger partial charge in [0, 0.05) is 5.57 Å². The van der Waals surface area contributed by atoms with E-state index in [1.807, 2.05) is 30.3 Å². The molecule has 1 heterocycles. The molecule has 0 saturated heterocycles. The third kappa shape index (κ3) is 4.12. The van der Waals surface area contributed by atoms with E-state index in [0.29, 0.717) is 5.57 Å². The van der Waals surface area contributed by atoms with Gasteiger partial charge in [-0.15, -0.1) is 10.2 Å². The van der Waals surface area contributed by atoms with E-state index >= 15 is 0 Å². The molecule has 0 spiro atoms. The van der Waals surface area contributed by atoms with E-state index in [4.69, 9.17) is 0 Å². The SMILES string of the molecule is CC(=Cc1ccccc1)C(=O)Nc1nnc(C(F)(F)F)s1. The molecule has 21 heavy (non-hydrogen) atoms. The second-order valence-corrected chi connectivity index (χ2v) is 5.08. The van der Waals surface area contributed by atoms with Crippen molar-refractivity contribution < 1.29 is 18.0 Å². The zero-order valence-corrected chi connectivity index (χ0v) is 11.6. The van der Waals surface area contributed by atoms with Crippen molar-refractivity contribution in [2.24, 2.45) is 0 Å². The molecule has 1 aromatic heterocycles. The highest BCUT2D eigenvalue weighted by molar-refractivity contribution is 7.15. The molecule has 0 aliphatic rings. The average Bonchev–Trinajstić information content (AvgIpc) is 2.88. The van der Waals surface area contributed by atoms with Crippen molar-refractivity contribution >= 4 is 28.5 Å². The van der Waals surface area contributed by atoms with Crippen molar-refractivity contribution in [3.63, 3.8) is 0 Å². The summed E-state index contributed by atoms with van der Waals surface area (Å²) in [6.45, 7) is 1.56. The molecule has 0 aliphatic carbocycles. The smallest absolute Gasteiger partial charge is 0.297 e. The first-order valence-corrected chi connectivity index (χ1v) is 6.63. The lowest BCUT2D eigenvalue weighted by molar-refractivity contribution is -0.138. The van der Waals surface area contributed by atoms with Crippen molar-refractivity contribution in [3.8, 4) is 0 Å². The lowest BCUT2D eigenvalue weighted by Crippen LogP contribution is -2.12. The zero-order chi connectivity index (χ0) is 15.5.